The fraction of sp³-hybridized carbons (Fsp3) is 0.348. The maximum absolute atomic E-state index is 15.3. The first kappa shape index (κ1) is 38.9. The monoisotopic (exact) mass is 851 g/mol. The summed E-state index contributed by atoms with van der Waals surface area (Å²) in [5, 5.41) is 15.4. The number of H-pyrrole nitrogens is 1. The summed E-state index contributed by atoms with van der Waals surface area (Å²) in [4.78, 5) is 49.2. The number of benzene rings is 3. The number of nitrogens with zero attached hydrogens (tertiary/aromatic N) is 10. The average molecular weight is 852 g/mol. The summed E-state index contributed by atoms with van der Waals surface area (Å²) in [6.45, 7) is 10.3. The Balaban J connectivity index is 1.03. The first-order valence-electron chi connectivity index (χ1n) is 21.4. The van der Waals surface area contributed by atoms with Crippen LogP contribution < -0.4 is 16.3 Å². The molecule has 0 bridgehead atoms. The van der Waals surface area contributed by atoms with Gasteiger partial charge in [-0.15, -0.1) is 0 Å². The lowest BCUT2D eigenvalue weighted by molar-refractivity contribution is 0.0384. The van der Waals surface area contributed by atoms with Gasteiger partial charge in [-0.25, -0.2) is 18.7 Å². The molecule has 1 saturated heterocycles. The fourth-order valence-electron chi connectivity index (χ4n) is 9.96. The Bertz CT molecular complexity index is 3250. The number of amides is 1. The highest BCUT2D eigenvalue weighted by Gasteiger charge is 2.59. The molecule has 3 aliphatic rings. The van der Waals surface area contributed by atoms with Crippen molar-refractivity contribution < 1.29 is 18.4 Å². The lowest BCUT2D eigenvalue weighted by Crippen LogP contribution is -2.42. The van der Waals surface area contributed by atoms with Crippen LogP contribution >= 0.6 is 0 Å². The minimum atomic E-state index is -0.822. The summed E-state index contributed by atoms with van der Waals surface area (Å²) in [6, 6.07) is 17.4. The number of aromatic nitrogens is 9. The van der Waals surface area contributed by atoms with E-state index < -0.39 is 11.3 Å². The molecule has 8 aromatic rings. The molecule has 0 unspecified atom stereocenters. The van der Waals surface area contributed by atoms with Gasteiger partial charge in [-0.3, -0.25) is 28.1 Å². The third-order valence-corrected chi connectivity index (χ3v) is 13.5. The number of anilines is 1. The van der Waals surface area contributed by atoms with E-state index in [-0.39, 0.29) is 36.0 Å². The summed E-state index contributed by atoms with van der Waals surface area (Å²) < 4.78 is 34.7. The number of carbonyl (C=O) groups excluding carboxylic acids is 1. The van der Waals surface area contributed by atoms with Gasteiger partial charge in [-0.1, -0.05) is 19.0 Å². The van der Waals surface area contributed by atoms with Crippen LogP contribution in [0.3, 0.4) is 0 Å². The zero-order valence-electron chi connectivity index (χ0n) is 35.6. The van der Waals surface area contributed by atoms with Crippen molar-refractivity contribution in [3.05, 3.63) is 134 Å². The summed E-state index contributed by atoms with van der Waals surface area (Å²) in [7, 11) is 1.87. The summed E-state index contributed by atoms with van der Waals surface area (Å²) in [6.07, 6.45) is 7.27. The molecule has 63 heavy (non-hydrogen) atoms. The van der Waals surface area contributed by atoms with Crippen molar-refractivity contribution >= 4 is 33.4 Å². The Morgan fingerprint density at radius 2 is 1.70 bits per heavy atom. The van der Waals surface area contributed by atoms with Crippen LogP contribution in [0, 0.1) is 25.6 Å². The van der Waals surface area contributed by atoms with Gasteiger partial charge in [-0.2, -0.15) is 10.2 Å². The van der Waals surface area contributed by atoms with Gasteiger partial charge in [0.15, 0.2) is 5.82 Å². The van der Waals surface area contributed by atoms with Crippen molar-refractivity contribution in [1.29, 1.82) is 0 Å². The van der Waals surface area contributed by atoms with Crippen LogP contribution in [0.4, 0.5) is 10.1 Å². The zero-order chi connectivity index (χ0) is 43.5. The Morgan fingerprint density at radius 1 is 0.952 bits per heavy atom. The molecule has 1 aliphatic carbocycles. The summed E-state index contributed by atoms with van der Waals surface area (Å²) in [5.74, 6) is -0.322. The van der Waals surface area contributed by atoms with Gasteiger partial charge in [0.1, 0.15) is 22.9 Å². The summed E-state index contributed by atoms with van der Waals surface area (Å²) in [5.41, 5.74) is 5.68. The first-order valence-corrected chi connectivity index (χ1v) is 21.4. The molecule has 17 heteroatoms. The highest BCUT2D eigenvalue weighted by molar-refractivity contribution is 6.00. The van der Waals surface area contributed by atoms with E-state index >= 15 is 9.18 Å². The van der Waals surface area contributed by atoms with E-state index in [0.717, 1.165) is 52.7 Å². The van der Waals surface area contributed by atoms with Gasteiger partial charge in [0.05, 0.1) is 48.0 Å². The van der Waals surface area contributed by atoms with Gasteiger partial charge in [0.25, 0.3) is 5.91 Å². The second-order valence-corrected chi connectivity index (χ2v) is 17.3. The molecule has 2 fully saturated rings. The third kappa shape index (κ3) is 6.03. The van der Waals surface area contributed by atoms with Crippen molar-refractivity contribution in [2.45, 2.75) is 65.1 Å². The normalized spacial score (nSPS) is 20.0. The number of imidazole rings is 1. The molecule has 3 atom stereocenters. The SMILES string of the molecule is CC[C@@H]1CN(c2ccc3c(c2)cc(C(=O)N2CCc4nn(-c5cc(C)c(F)c(C)c5)c(-n5ccn(-c6ccc7c(cnn7C)c6)c5=O)c4C2)n3[C@@]2(c3noc(=O)[nH]3)C[C@@H]2C)CCO1. The Kier molecular flexibility index (Phi) is 8.81. The topological polar surface area (TPSA) is 159 Å². The number of carbonyl (C=O) groups is 1. The maximum atomic E-state index is 15.3. The second kappa shape index (κ2) is 14.3. The van der Waals surface area contributed by atoms with Crippen LogP contribution in [0.1, 0.15) is 65.4 Å². The van der Waals surface area contributed by atoms with Crippen LogP contribution in [0.25, 0.3) is 39.0 Å². The van der Waals surface area contributed by atoms with Crippen molar-refractivity contribution in [2.24, 2.45) is 13.0 Å². The van der Waals surface area contributed by atoms with E-state index in [2.05, 4.69) is 52.2 Å². The summed E-state index contributed by atoms with van der Waals surface area (Å²) >= 11 is 0. The molecule has 7 heterocycles. The average Bonchev–Trinajstić information content (AvgIpc) is 3.91. The molecule has 5 aromatic heterocycles. The van der Waals surface area contributed by atoms with Gasteiger partial charge < -0.3 is 19.1 Å². The molecule has 1 saturated carbocycles. The number of nitrogens with one attached hydrogen (secondary N) is 1. The number of halogens is 1. The fourth-order valence-corrected chi connectivity index (χ4v) is 9.96. The third-order valence-electron chi connectivity index (χ3n) is 13.5. The van der Waals surface area contributed by atoms with Crippen molar-refractivity contribution in [1.82, 2.24) is 48.3 Å². The van der Waals surface area contributed by atoms with Crippen LogP contribution in [-0.4, -0.2) is 86.6 Å². The predicted octanol–water partition coefficient (Wildman–Crippen LogP) is 5.68. The minimum absolute atomic E-state index is 0.0276. The number of hydrogen-bond donors (Lipinski definition) is 1. The van der Waals surface area contributed by atoms with Crippen LogP contribution in [0.5, 0.6) is 0 Å². The molecule has 1 N–H and O–H groups in total. The standard InChI is InChI=1S/C46H46FN11O5/c1-6-34-24-53(15-16-62-34)31-7-10-38-29(19-31)21-39(57(38)46(22-28(46)4)43-49-44(60)63-51-43)42(59)54-12-11-36-35(25-54)41(58(50-36)33-17-26(2)40(47)27(3)18-33)56-14-13-55(45(56)61)32-8-9-37-30(20-32)23-48-52(37)5/h7-10,13-14,17-21,23,28,34H,6,11-12,15-16,22,24-25H2,1-5H3,(H,49,51,60)/t28-,34+,46-/m0/s1. The number of rotatable bonds is 8. The van der Waals surface area contributed by atoms with E-state index in [0.29, 0.717) is 71.4 Å². The number of morpholine rings is 1. The van der Waals surface area contributed by atoms with Crippen molar-refractivity contribution in [3.63, 3.8) is 0 Å². The molecule has 322 valence electrons. The van der Waals surface area contributed by atoms with Gasteiger partial charge >= 0.3 is 11.4 Å². The molecule has 1 amide bonds. The van der Waals surface area contributed by atoms with Gasteiger partial charge in [0.2, 0.25) is 0 Å². The Morgan fingerprint density at radius 3 is 2.44 bits per heavy atom. The lowest BCUT2D eigenvalue weighted by Gasteiger charge is -2.34. The van der Waals surface area contributed by atoms with Crippen molar-refractivity contribution in [3.8, 4) is 17.2 Å². The molecule has 16 nitrogen and oxygen atoms in total. The highest BCUT2D eigenvalue weighted by Crippen LogP contribution is 2.56. The predicted molar refractivity (Wildman–Crippen MR) is 233 cm³/mol. The number of ether oxygens (including phenoxy) is 1. The molecule has 3 aromatic carbocycles. The minimum Gasteiger partial charge on any atom is -0.375 e. The van der Waals surface area contributed by atoms with Gasteiger partial charge in [-0.05, 0) is 98.3 Å². The number of hydrogen-bond acceptors (Lipinski definition) is 9. The van der Waals surface area contributed by atoms with Crippen LogP contribution in [-0.2, 0) is 30.3 Å². The number of aryl methyl sites for hydroxylation is 3. The largest absolute Gasteiger partial charge is 0.438 e. The Labute approximate surface area is 359 Å². The number of aromatic amines is 1. The molecule has 2 aliphatic heterocycles. The Hall–Kier alpha value is -7.01. The van der Waals surface area contributed by atoms with Crippen molar-refractivity contribution in [2.75, 3.05) is 31.1 Å². The quantitative estimate of drug-likeness (QED) is 0.203. The molecule has 0 spiro atoms. The highest BCUT2D eigenvalue weighted by atomic mass is 19.1. The number of fused-ring (bicyclic) bond motifs is 3. The molecule has 0 radical (unpaired) electrons. The van der Waals surface area contributed by atoms with Crippen LogP contribution in [0.15, 0.2) is 87.3 Å². The van der Waals surface area contributed by atoms with Gasteiger partial charge in [0, 0.05) is 73.0 Å². The smallest absolute Gasteiger partial charge is 0.375 e. The van der Waals surface area contributed by atoms with Crippen LogP contribution in [0.2, 0.25) is 0 Å². The van der Waals surface area contributed by atoms with E-state index in [1.807, 2.05) is 35.9 Å². The first-order chi connectivity index (χ1) is 30.4. The molecular weight excluding hydrogens is 806 g/mol. The zero-order valence-corrected chi connectivity index (χ0v) is 35.6. The van der Waals surface area contributed by atoms with E-state index in [1.165, 1.54) is 0 Å². The molecular formula is C46H46FN11O5. The van der Waals surface area contributed by atoms with E-state index in [1.54, 1.807) is 68.0 Å². The van der Waals surface area contributed by atoms with E-state index in [9.17, 15) is 9.59 Å². The molecule has 11 rings (SSSR count). The maximum Gasteiger partial charge on any atom is 0.438 e. The van der Waals surface area contributed by atoms with E-state index in [4.69, 9.17) is 14.4 Å². The second-order valence-electron chi connectivity index (χ2n) is 17.3. The lowest BCUT2D eigenvalue weighted by atomic mass is 10.1.